The van der Waals surface area contributed by atoms with Crippen molar-refractivity contribution in [1.82, 2.24) is 24.8 Å². The Morgan fingerprint density at radius 1 is 1.12 bits per heavy atom. The first kappa shape index (κ1) is 28.8. The molecule has 4 heterocycles. The van der Waals surface area contributed by atoms with Crippen molar-refractivity contribution in [2.75, 3.05) is 49.1 Å². The Labute approximate surface area is 248 Å². The van der Waals surface area contributed by atoms with Crippen LogP contribution in [0.25, 0.3) is 11.0 Å². The van der Waals surface area contributed by atoms with Crippen LogP contribution in [0.1, 0.15) is 32.3 Å². The number of nitrogens with zero attached hydrogens (tertiary/aromatic N) is 5. The molecule has 1 amide bonds. The molecule has 0 radical (unpaired) electrons. The Morgan fingerprint density at radius 2 is 1.93 bits per heavy atom. The number of anilines is 2. The molecule has 0 bridgehead atoms. The fraction of sp³-hybridized carbons (Fsp3) is 0.419. The highest BCUT2D eigenvalue weighted by Gasteiger charge is 2.44. The Bertz CT molecular complexity index is 1690. The highest BCUT2D eigenvalue weighted by molar-refractivity contribution is 5.96. The molecule has 11 nitrogen and oxygen atoms in total. The molecular weight excluding hydrogens is 553 g/mol. The van der Waals surface area contributed by atoms with Gasteiger partial charge in [-0.25, -0.2) is 19.2 Å². The normalized spacial score (nSPS) is 18.8. The number of hydrogen-bond acceptors (Lipinski definition) is 8. The number of aromatic amines is 2. The molecule has 2 aliphatic heterocycles. The van der Waals surface area contributed by atoms with Crippen LogP contribution in [0.2, 0.25) is 0 Å². The fourth-order valence-electron chi connectivity index (χ4n) is 6.34. The number of H-pyrrole nitrogens is 2. The smallest absolute Gasteiger partial charge is 0.323 e. The number of likely N-dealkylation sites (tertiary alicyclic amines) is 1. The topological polar surface area (TPSA) is 131 Å². The number of nitrogens with one attached hydrogen (secondary N) is 2. The monoisotopic (exact) mass is 589 g/mol. The van der Waals surface area contributed by atoms with Crippen LogP contribution in [-0.4, -0.2) is 75.2 Å². The predicted molar refractivity (Wildman–Crippen MR) is 161 cm³/mol. The first-order valence-electron chi connectivity index (χ1n) is 14.6. The van der Waals surface area contributed by atoms with E-state index >= 15 is 0 Å². The van der Waals surface area contributed by atoms with Gasteiger partial charge in [-0.05, 0) is 49.2 Å². The van der Waals surface area contributed by atoms with Gasteiger partial charge in [-0.3, -0.25) is 9.69 Å². The van der Waals surface area contributed by atoms with Crippen LogP contribution in [0.3, 0.4) is 0 Å². The Morgan fingerprint density at radius 3 is 2.74 bits per heavy atom. The minimum atomic E-state index is -0.514. The number of aliphatic hydroxyl groups excluding tert-OH is 1. The minimum absolute atomic E-state index is 0.0110. The number of amides is 1. The summed E-state index contributed by atoms with van der Waals surface area (Å²) in [6.45, 7) is 7.58. The summed E-state index contributed by atoms with van der Waals surface area (Å²) < 4.78 is 20.7. The number of carbonyl (C=O) groups excluding carboxylic acids is 1. The number of hydrogen-bond donors (Lipinski definition) is 3. The van der Waals surface area contributed by atoms with Gasteiger partial charge in [-0.2, -0.15) is 0 Å². The number of carbonyl (C=O) groups is 1. The van der Waals surface area contributed by atoms with Crippen LogP contribution in [0.5, 0.6) is 11.5 Å². The van der Waals surface area contributed by atoms with E-state index in [1.54, 1.807) is 20.0 Å². The van der Waals surface area contributed by atoms with Crippen LogP contribution in [0.15, 0.2) is 53.7 Å². The lowest BCUT2D eigenvalue weighted by atomic mass is 9.86. The van der Waals surface area contributed by atoms with Gasteiger partial charge in [0, 0.05) is 50.1 Å². The fourth-order valence-corrected chi connectivity index (χ4v) is 6.34. The average Bonchev–Trinajstić information content (AvgIpc) is 3.70. The lowest BCUT2D eigenvalue weighted by Gasteiger charge is -2.27. The van der Waals surface area contributed by atoms with Gasteiger partial charge < -0.3 is 29.6 Å². The highest BCUT2D eigenvalue weighted by atomic mass is 19.1. The molecule has 12 heteroatoms. The van der Waals surface area contributed by atoms with Gasteiger partial charge in [-0.1, -0.05) is 19.9 Å². The largest absolute Gasteiger partial charge is 0.450 e. The third-order valence-corrected chi connectivity index (χ3v) is 8.42. The summed E-state index contributed by atoms with van der Waals surface area (Å²) in [5, 5.41) is 9.64. The summed E-state index contributed by atoms with van der Waals surface area (Å²) in [6, 6.07) is 10.0. The van der Waals surface area contributed by atoms with Gasteiger partial charge >= 0.3 is 5.69 Å². The third kappa shape index (κ3) is 5.98. The maximum atomic E-state index is 14.4. The summed E-state index contributed by atoms with van der Waals surface area (Å²) in [6.07, 6.45) is 5.14. The lowest BCUT2D eigenvalue weighted by Crippen LogP contribution is -2.36. The van der Waals surface area contributed by atoms with Crippen LogP contribution in [0, 0.1) is 17.2 Å². The number of aliphatic hydroxyl groups is 1. The molecule has 1 spiro atoms. The minimum Gasteiger partial charge on any atom is -0.450 e. The number of halogens is 1. The Hall–Kier alpha value is -4.29. The second kappa shape index (κ2) is 11.8. The van der Waals surface area contributed by atoms with E-state index in [1.165, 1.54) is 29.4 Å². The maximum absolute atomic E-state index is 14.4. The van der Waals surface area contributed by atoms with E-state index in [4.69, 9.17) is 4.74 Å². The Kier molecular flexibility index (Phi) is 7.89. The lowest BCUT2D eigenvalue weighted by molar-refractivity contribution is -0.121. The summed E-state index contributed by atoms with van der Waals surface area (Å²) in [5.74, 6) is 0.221. The van der Waals surface area contributed by atoms with E-state index in [2.05, 4.69) is 35.8 Å². The van der Waals surface area contributed by atoms with Crippen molar-refractivity contribution in [3.05, 3.63) is 70.8 Å². The number of benzene rings is 2. The number of aromatic nitrogens is 4. The number of imidazole rings is 1. The third-order valence-electron chi connectivity index (χ3n) is 8.42. The second-order valence-corrected chi connectivity index (χ2v) is 11.9. The SMILES string of the molecule is CC(C)C(=O)N(CCO)c1cc(F)ccc1Oc1cncnc1N1CCC2(CCN(Cc3ccc4[nH]c(=O)[nH]c4c3)C2)C1. The molecule has 2 saturated heterocycles. The summed E-state index contributed by atoms with van der Waals surface area (Å²) >= 11 is 0. The number of fused-ring (bicyclic) bond motifs is 1. The second-order valence-electron chi connectivity index (χ2n) is 11.9. The van der Waals surface area contributed by atoms with Gasteiger partial charge in [0.2, 0.25) is 5.91 Å². The van der Waals surface area contributed by atoms with Crippen molar-refractivity contribution in [2.45, 2.75) is 33.2 Å². The summed E-state index contributed by atoms with van der Waals surface area (Å²) in [4.78, 5) is 45.0. The molecule has 1 atom stereocenters. The molecular formula is C31H36FN7O4. The molecule has 1 unspecified atom stereocenters. The molecule has 0 aliphatic carbocycles. The van der Waals surface area contributed by atoms with Crippen molar-refractivity contribution in [3.8, 4) is 11.5 Å². The molecule has 226 valence electrons. The standard InChI is InChI=1S/C31H36FN7O4/c1-20(2)29(41)39(11-12-40)25-14-22(32)4-6-26(25)43-27-15-33-19-34-28(27)38-10-8-31(18-38)7-9-37(17-31)16-21-3-5-23-24(13-21)36-30(42)35-23/h3-6,13-15,19-20,40H,7-12,16-18H2,1-2H3,(H2,35,36,42). The first-order valence-corrected chi connectivity index (χ1v) is 14.6. The summed E-state index contributed by atoms with van der Waals surface area (Å²) in [7, 11) is 0. The summed E-state index contributed by atoms with van der Waals surface area (Å²) in [5.41, 5.74) is 2.93. The number of rotatable bonds is 9. The van der Waals surface area contributed by atoms with Crippen molar-refractivity contribution in [2.24, 2.45) is 11.3 Å². The molecule has 43 heavy (non-hydrogen) atoms. The van der Waals surface area contributed by atoms with Crippen molar-refractivity contribution >= 4 is 28.4 Å². The van der Waals surface area contributed by atoms with Gasteiger partial charge in [-0.15, -0.1) is 0 Å². The van der Waals surface area contributed by atoms with Crippen LogP contribution in [-0.2, 0) is 11.3 Å². The Balaban J connectivity index is 1.19. The van der Waals surface area contributed by atoms with E-state index in [1.807, 2.05) is 12.1 Å². The molecule has 2 aliphatic rings. The van der Waals surface area contributed by atoms with E-state index in [0.717, 1.165) is 62.2 Å². The van der Waals surface area contributed by atoms with Gasteiger partial charge in [0.25, 0.3) is 0 Å². The molecule has 2 aromatic carbocycles. The van der Waals surface area contributed by atoms with Crippen LogP contribution >= 0.6 is 0 Å². The van der Waals surface area contributed by atoms with Crippen molar-refractivity contribution in [3.63, 3.8) is 0 Å². The van der Waals surface area contributed by atoms with E-state index < -0.39 is 5.82 Å². The molecule has 2 aromatic heterocycles. The predicted octanol–water partition coefficient (Wildman–Crippen LogP) is 3.66. The zero-order valence-corrected chi connectivity index (χ0v) is 24.3. The van der Waals surface area contributed by atoms with E-state index in [9.17, 15) is 19.1 Å². The average molecular weight is 590 g/mol. The zero-order chi connectivity index (χ0) is 30.1. The molecule has 6 rings (SSSR count). The van der Waals surface area contributed by atoms with Crippen molar-refractivity contribution < 1.29 is 19.0 Å². The molecule has 2 fully saturated rings. The van der Waals surface area contributed by atoms with Crippen LogP contribution in [0.4, 0.5) is 15.9 Å². The van der Waals surface area contributed by atoms with E-state index in [0.29, 0.717) is 11.6 Å². The van der Waals surface area contributed by atoms with Crippen LogP contribution < -0.4 is 20.2 Å². The highest BCUT2D eigenvalue weighted by Crippen LogP contribution is 2.44. The molecule has 3 N–H and O–H groups in total. The zero-order valence-electron chi connectivity index (χ0n) is 24.3. The molecule has 4 aromatic rings. The van der Waals surface area contributed by atoms with Gasteiger partial charge in [0.15, 0.2) is 17.3 Å². The van der Waals surface area contributed by atoms with Gasteiger partial charge in [0.1, 0.15) is 12.1 Å². The maximum Gasteiger partial charge on any atom is 0.323 e. The number of ether oxygens (including phenoxy) is 1. The molecule has 0 saturated carbocycles. The van der Waals surface area contributed by atoms with Gasteiger partial charge in [0.05, 0.1) is 29.5 Å². The first-order chi connectivity index (χ1) is 20.7. The van der Waals surface area contributed by atoms with E-state index in [-0.39, 0.29) is 47.5 Å². The quantitative estimate of drug-likeness (QED) is 0.270. The van der Waals surface area contributed by atoms with Crippen molar-refractivity contribution in [1.29, 1.82) is 0 Å².